The van der Waals surface area contributed by atoms with Crippen molar-refractivity contribution in [2.45, 2.75) is 60.4 Å². The minimum atomic E-state index is 0.134. The monoisotopic (exact) mass is 376 g/mol. The highest BCUT2D eigenvalue weighted by Gasteiger charge is 2.29. The first-order valence-corrected chi connectivity index (χ1v) is 8.63. The van der Waals surface area contributed by atoms with Crippen molar-refractivity contribution < 1.29 is 0 Å². The molecule has 3 heteroatoms. The quantitative estimate of drug-likeness (QED) is 0.506. The van der Waals surface area contributed by atoms with Crippen molar-refractivity contribution in [1.82, 2.24) is 4.90 Å². The first-order valence-electron chi connectivity index (χ1n) is 7.38. The van der Waals surface area contributed by atoms with Gasteiger partial charge in [-0.2, -0.15) is 0 Å². The fraction of sp³-hybridized carbons (Fsp3) is 0.812. The fourth-order valence-electron chi connectivity index (χ4n) is 2.82. The van der Waals surface area contributed by atoms with E-state index in [1.807, 2.05) is 4.22 Å². The van der Waals surface area contributed by atoms with Crippen molar-refractivity contribution >= 4 is 26.8 Å². The second-order valence-corrected chi connectivity index (χ2v) is 7.49. The molecule has 1 heterocycles. The Labute approximate surface area is 132 Å². The smallest absolute Gasteiger partial charge is 0.0654 e. The van der Waals surface area contributed by atoms with Gasteiger partial charge in [-0.25, -0.2) is 0 Å². The van der Waals surface area contributed by atoms with Crippen LogP contribution in [0.25, 0.3) is 0 Å². The van der Waals surface area contributed by atoms with Gasteiger partial charge >= 0.3 is 0 Å². The Bertz CT molecular complexity index is 350. The molecule has 1 aliphatic rings. The number of hydrogen-bond acceptors (Lipinski definition) is 2. The molecule has 0 aromatic heterocycles. The fourth-order valence-corrected chi connectivity index (χ4v) is 3.10. The van der Waals surface area contributed by atoms with Crippen LogP contribution in [0.15, 0.2) is 16.3 Å². The second kappa shape index (κ2) is 7.21. The summed E-state index contributed by atoms with van der Waals surface area (Å²) in [6.07, 6.45) is 2.48. The van der Waals surface area contributed by atoms with Gasteiger partial charge in [0, 0.05) is 30.2 Å². The van der Waals surface area contributed by atoms with Crippen molar-refractivity contribution in [3.8, 4) is 0 Å². The Balaban J connectivity index is 3.12. The van der Waals surface area contributed by atoms with Gasteiger partial charge in [0.1, 0.15) is 0 Å². The molecule has 0 aromatic carbocycles. The van der Waals surface area contributed by atoms with Crippen LogP contribution >= 0.6 is 22.6 Å². The number of rotatable bonds is 3. The standard InChI is InChI=1S/C16H29IN2/c1-7-13-8-14(10-19(9-13)12(2)3)15(18-11-17)16(4,5)6/h11-13H,7-10H2,1-6H3/b15-14-,18-11?. The van der Waals surface area contributed by atoms with Gasteiger partial charge in [0.25, 0.3) is 0 Å². The molecule has 0 bridgehead atoms. The Kier molecular flexibility index (Phi) is 6.51. The molecule has 0 saturated carbocycles. The zero-order valence-corrected chi connectivity index (χ0v) is 15.5. The zero-order chi connectivity index (χ0) is 14.6. The molecule has 2 nitrogen and oxygen atoms in total. The highest BCUT2D eigenvalue weighted by Crippen LogP contribution is 2.35. The van der Waals surface area contributed by atoms with Crippen LogP contribution in [0.1, 0.15) is 54.4 Å². The summed E-state index contributed by atoms with van der Waals surface area (Å²) in [5.41, 5.74) is 2.98. The van der Waals surface area contributed by atoms with Crippen LogP contribution in [0, 0.1) is 11.3 Å². The molecule has 1 unspecified atom stereocenters. The maximum atomic E-state index is 4.70. The Morgan fingerprint density at radius 1 is 1.47 bits per heavy atom. The van der Waals surface area contributed by atoms with Crippen LogP contribution in [0.4, 0.5) is 0 Å². The van der Waals surface area contributed by atoms with Crippen LogP contribution < -0.4 is 0 Å². The number of piperidine rings is 1. The third-order valence-corrected chi connectivity index (χ3v) is 4.23. The average molecular weight is 376 g/mol. The summed E-state index contributed by atoms with van der Waals surface area (Å²) >= 11 is 2.23. The maximum Gasteiger partial charge on any atom is 0.0654 e. The van der Waals surface area contributed by atoms with E-state index in [2.05, 4.69) is 69.0 Å². The third-order valence-electron chi connectivity index (χ3n) is 3.95. The molecule has 0 radical (unpaired) electrons. The predicted octanol–water partition coefficient (Wildman–Crippen LogP) is 4.89. The van der Waals surface area contributed by atoms with Crippen LogP contribution in [0.3, 0.4) is 0 Å². The van der Waals surface area contributed by atoms with E-state index in [4.69, 9.17) is 4.99 Å². The number of allylic oxidation sites excluding steroid dienone is 1. The van der Waals surface area contributed by atoms with Gasteiger partial charge in [0.05, 0.1) is 4.22 Å². The summed E-state index contributed by atoms with van der Waals surface area (Å²) in [5, 5.41) is 0. The molecular weight excluding hydrogens is 347 g/mol. The lowest BCUT2D eigenvalue weighted by Gasteiger charge is -2.38. The highest BCUT2D eigenvalue weighted by atomic mass is 127. The molecule has 19 heavy (non-hydrogen) atoms. The van der Waals surface area contributed by atoms with Gasteiger partial charge in [0.2, 0.25) is 0 Å². The van der Waals surface area contributed by atoms with Gasteiger partial charge in [-0.1, -0.05) is 34.1 Å². The SMILES string of the molecule is CCC1C/C(=C(/N=CI)C(C)(C)C)CN(C(C)C)C1. The van der Waals surface area contributed by atoms with Crippen molar-refractivity contribution in [2.24, 2.45) is 16.3 Å². The molecular formula is C16H29IN2. The molecule has 0 N–H and O–H groups in total. The molecule has 1 atom stereocenters. The molecule has 1 rings (SSSR count). The molecule has 0 amide bonds. The van der Waals surface area contributed by atoms with E-state index in [0.29, 0.717) is 6.04 Å². The number of halogens is 1. The van der Waals surface area contributed by atoms with Crippen LogP contribution in [0.5, 0.6) is 0 Å². The summed E-state index contributed by atoms with van der Waals surface area (Å²) in [7, 11) is 0. The van der Waals surface area contributed by atoms with E-state index in [9.17, 15) is 0 Å². The zero-order valence-electron chi connectivity index (χ0n) is 13.3. The van der Waals surface area contributed by atoms with E-state index in [-0.39, 0.29) is 5.41 Å². The van der Waals surface area contributed by atoms with Crippen LogP contribution in [0.2, 0.25) is 0 Å². The van der Waals surface area contributed by atoms with Gasteiger partial charge in [-0.3, -0.25) is 9.89 Å². The highest BCUT2D eigenvalue weighted by molar-refractivity contribution is 14.1. The van der Waals surface area contributed by atoms with E-state index >= 15 is 0 Å². The maximum absolute atomic E-state index is 4.70. The third kappa shape index (κ3) is 4.85. The van der Waals surface area contributed by atoms with Crippen LogP contribution in [-0.2, 0) is 0 Å². The molecule has 1 aliphatic heterocycles. The van der Waals surface area contributed by atoms with Gasteiger partial charge in [-0.05, 0) is 54.4 Å². The molecule has 1 fully saturated rings. The molecule has 1 saturated heterocycles. The van der Waals surface area contributed by atoms with Crippen molar-refractivity contribution in [3.05, 3.63) is 11.3 Å². The van der Waals surface area contributed by atoms with E-state index < -0.39 is 0 Å². The molecule has 0 aromatic rings. The van der Waals surface area contributed by atoms with Crippen molar-refractivity contribution in [3.63, 3.8) is 0 Å². The predicted molar refractivity (Wildman–Crippen MR) is 94.1 cm³/mol. The molecule has 0 aliphatic carbocycles. The number of nitrogens with zero attached hydrogens (tertiary/aromatic N) is 2. The van der Waals surface area contributed by atoms with Crippen LogP contribution in [-0.4, -0.2) is 28.3 Å². The Hall–Kier alpha value is 0.1000. The van der Waals surface area contributed by atoms with Gasteiger partial charge in [-0.15, -0.1) is 0 Å². The minimum Gasteiger partial charge on any atom is -0.297 e. The van der Waals surface area contributed by atoms with Crippen molar-refractivity contribution in [1.29, 1.82) is 0 Å². The lowest BCUT2D eigenvalue weighted by molar-refractivity contribution is 0.167. The van der Waals surface area contributed by atoms with Gasteiger partial charge < -0.3 is 0 Å². The van der Waals surface area contributed by atoms with E-state index in [1.165, 1.54) is 25.1 Å². The lowest BCUT2D eigenvalue weighted by Crippen LogP contribution is -2.41. The first kappa shape index (κ1) is 17.2. The topological polar surface area (TPSA) is 15.6 Å². The minimum absolute atomic E-state index is 0.134. The average Bonchev–Trinajstić information content (AvgIpc) is 2.33. The second-order valence-electron chi connectivity index (χ2n) is 6.93. The molecule has 0 spiro atoms. The summed E-state index contributed by atoms with van der Waals surface area (Å²) in [4.78, 5) is 7.29. The molecule has 110 valence electrons. The van der Waals surface area contributed by atoms with E-state index in [1.54, 1.807) is 5.57 Å². The summed E-state index contributed by atoms with van der Waals surface area (Å²) < 4.78 is 1.92. The summed E-state index contributed by atoms with van der Waals surface area (Å²) in [5.74, 6) is 0.785. The Morgan fingerprint density at radius 2 is 2.11 bits per heavy atom. The van der Waals surface area contributed by atoms with Gasteiger partial charge in [0.15, 0.2) is 0 Å². The summed E-state index contributed by atoms with van der Waals surface area (Å²) in [6.45, 7) is 16.1. The number of hydrogen-bond donors (Lipinski definition) is 0. The number of likely N-dealkylation sites (tertiary alicyclic amines) is 1. The number of aliphatic imine (C=N–C) groups is 1. The van der Waals surface area contributed by atoms with Crippen molar-refractivity contribution in [2.75, 3.05) is 13.1 Å². The van der Waals surface area contributed by atoms with E-state index in [0.717, 1.165) is 12.5 Å². The normalized spacial score (nSPS) is 25.4. The summed E-state index contributed by atoms with van der Waals surface area (Å²) in [6, 6.07) is 0.620. The largest absolute Gasteiger partial charge is 0.297 e. The first-order chi connectivity index (χ1) is 8.79. The lowest BCUT2D eigenvalue weighted by atomic mass is 9.83. The Morgan fingerprint density at radius 3 is 2.53 bits per heavy atom.